The predicted molar refractivity (Wildman–Crippen MR) is 113 cm³/mol. The van der Waals surface area contributed by atoms with Gasteiger partial charge in [-0.25, -0.2) is 4.98 Å². The molecule has 0 saturated carbocycles. The Bertz CT molecular complexity index is 817. The molecule has 1 fully saturated rings. The van der Waals surface area contributed by atoms with E-state index in [-0.39, 0.29) is 17.5 Å². The molecule has 2 amide bonds. The molecule has 3 rings (SSSR count). The number of likely N-dealkylation sites (N-methyl/N-ethyl adjacent to an activating group) is 1. The van der Waals surface area contributed by atoms with Crippen molar-refractivity contribution in [1.29, 1.82) is 0 Å². The number of carbonyl (C=O) groups is 2. The number of nitrogens with zero attached hydrogens (tertiary/aromatic N) is 4. The number of hydrogen-bond acceptors (Lipinski definition) is 5. The Morgan fingerprint density at radius 1 is 0.966 bits per heavy atom. The van der Waals surface area contributed by atoms with Gasteiger partial charge in [0.05, 0.1) is 0 Å². The molecule has 0 radical (unpaired) electrons. The Kier molecular flexibility index (Phi) is 7.32. The fraction of sp³-hybridized carbons (Fsp3) is 0.409. The minimum Gasteiger partial charge on any atom is -0.349 e. The molecule has 0 atom stereocenters. The number of aromatic nitrogens is 1. The van der Waals surface area contributed by atoms with E-state index < -0.39 is 0 Å². The Morgan fingerprint density at radius 2 is 1.66 bits per heavy atom. The fourth-order valence-corrected chi connectivity index (χ4v) is 3.28. The molecule has 1 N–H and O–H groups in total. The molecule has 1 saturated heterocycles. The summed E-state index contributed by atoms with van der Waals surface area (Å²) in [5.41, 5.74) is 1.88. The Hall–Kier alpha value is -2.77. The highest BCUT2D eigenvalue weighted by Crippen LogP contribution is 2.11. The van der Waals surface area contributed by atoms with Crippen molar-refractivity contribution in [2.45, 2.75) is 6.54 Å². The number of benzene rings is 1. The summed E-state index contributed by atoms with van der Waals surface area (Å²) in [7, 11) is 3.90. The zero-order valence-electron chi connectivity index (χ0n) is 17.2. The molecule has 7 heteroatoms. The second-order valence-corrected chi connectivity index (χ2v) is 7.52. The molecule has 2 heterocycles. The van der Waals surface area contributed by atoms with Gasteiger partial charge in [0.25, 0.3) is 11.8 Å². The van der Waals surface area contributed by atoms with Gasteiger partial charge in [-0.2, -0.15) is 0 Å². The first-order chi connectivity index (χ1) is 14.0. The van der Waals surface area contributed by atoms with Crippen molar-refractivity contribution in [3.8, 4) is 0 Å². The lowest BCUT2D eigenvalue weighted by atomic mass is 10.2. The minimum absolute atomic E-state index is 0.118. The van der Waals surface area contributed by atoms with Crippen LogP contribution in [0.1, 0.15) is 26.5 Å². The van der Waals surface area contributed by atoms with Gasteiger partial charge in [-0.3, -0.25) is 14.5 Å². The van der Waals surface area contributed by atoms with Gasteiger partial charge in [0.1, 0.15) is 11.4 Å². The maximum absolute atomic E-state index is 12.8. The third-order valence-electron chi connectivity index (χ3n) is 4.95. The summed E-state index contributed by atoms with van der Waals surface area (Å²) < 4.78 is 0. The SMILES string of the molecule is CN(C)CCNC(=O)c1cccc(C(=O)N2CCN(Cc3ccccc3)CC2)n1. The third-order valence-corrected chi connectivity index (χ3v) is 4.95. The summed E-state index contributed by atoms with van der Waals surface area (Å²) in [6, 6.07) is 15.4. The van der Waals surface area contributed by atoms with Gasteiger partial charge in [0.15, 0.2) is 0 Å². The monoisotopic (exact) mass is 395 g/mol. The van der Waals surface area contributed by atoms with E-state index in [1.54, 1.807) is 18.2 Å². The van der Waals surface area contributed by atoms with Gasteiger partial charge in [-0.05, 0) is 31.8 Å². The lowest BCUT2D eigenvalue weighted by Gasteiger charge is -2.34. The van der Waals surface area contributed by atoms with Crippen LogP contribution >= 0.6 is 0 Å². The molecule has 7 nitrogen and oxygen atoms in total. The van der Waals surface area contributed by atoms with Crippen molar-refractivity contribution in [2.24, 2.45) is 0 Å². The van der Waals surface area contributed by atoms with E-state index in [1.165, 1.54) is 5.56 Å². The topological polar surface area (TPSA) is 68.8 Å². The molecule has 0 aliphatic carbocycles. The molecule has 1 aliphatic heterocycles. The summed E-state index contributed by atoms with van der Waals surface area (Å²) in [5.74, 6) is -0.374. The Balaban J connectivity index is 1.53. The summed E-state index contributed by atoms with van der Waals surface area (Å²) in [6.07, 6.45) is 0. The largest absolute Gasteiger partial charge is 0.349 e. The summed E-state index contributed by atoms with van der Waals surface area (Å²) in [5, 5.41) is 2.83. The smallest absolute Gasteiger partial charge is 0.272 e. The number of pyridine rings is 1. The third kappa shape index (κ3) is 6.10. The fourth-order valence-electron chi connectivity index (χ4n) is 3.28. The van der Waals surface area contributed by atoms with E-state index in [9.17, 15) is 9.59 Å². The molecule has 154 valence electrons. The van der Waals surface area contributed by atoms with Crippen molar-refractivity contribution in [1.82, 2.24) is 25.0 Å². The lowest BCUT2D eigenvalue weighted by Crippen LogP contribution is -2.48. The van der Waals surface area contributed by atoms with E-state index >= 15 is 0 Å². The standard InChI is InChI=1S/C22H29N5O2/c1-25(2)12-11-23-21(28)19-9-6-10-20(24-19)22(29)27-15-13-26(14-16-27)17-18-7-4-3-5-8-18/h3-10H,11-17H2,1-2H3,(H,23,28). The Labute approximate surface area is 172 Å². The van der Waals surface area contributed by atoms with Crippen molar-refractivity contribution >= 4 is 11.8 Å². The second kappa shape index (κ2) is 10.1. The van der Waals surface area contributed by atoms with Crippen LogP contribution in [0.25, 0.3) is 0 Å². The van der Waals surface area contributed by atoms with Crippen molar-refractivity contribution in [3.05, 3.63) is 65.5 Å². The van der Waals surface area contributed by atoms with Crippen molar-refractivity contribution in [3.63, 3.8) is 0 Å². The highest BCUT2D eigenvalue weighted by Gasteiger charge is 2.23. The maximum atomic E-state index is 12.8. The lowest BCUT2D eigenvalue weighted by molar-refractivity contribution is 0.0622. The van der Waals surface area contributed by atoms with Gasteiger partial charge in [-0.1, -0.05) is 36.4 Å². The van der Waals surface area contributed by atoms with Crippen LogP contribution in [0.2, 0.25) is 0 Å². The molecule has 1 aromatic carbocycles. The van der Waals surface area contributed by atoms with Gasteiger partial charge in [-0.15, -0.1) is 0 Å². The molecular weight excluding hydrogens is 366 g/mol. The molecule has 0 bridgehead atoms. The molecule has 1 aromatic heterocycles. The zero-order valence-corrected chi connectivity index (χ0v) is 17.2. The van der Waals surface area contributed by atoms with Crippen LogP contribution < -0.4 is 5.32 Å². The summed E-state index contributed by atoms with van der Waals surface area (Å²) in [4.78, 5) is 35.6. The van der Waals surface area contributed by atoms with Crippen LogP contribution in [-0.4, -0.2) is 84.9 Å². The van der Waals surface area contributed by atoms with Crippen LogP contribution in [0.3, 0.4) is 0 Å². The van der Waals surface area contributed by atoms with Gasteiger partial charge < -0.3 is 15.1 Å². The molecule has 1 aliphatic rings. The number of nitrogens with one attached hydrogen (secondary N) is 1. The average molecular weight is 396 g/mol. The van der Waals surface area contributed by atoms with Gasteiger partial charge in [0.2, 0.25) is 0 Å². The molecule has 0 unspecified atom stereocenters. The molecule has 29 heavy (non-hydrogen) atoms. The number of hydrogen-bond donors (Lipinski definition) is 1. The first-order valence-electron chi connectivity index (χ1n) is 9.98. The minimum atomic E-state index is -0.255. The summed E-state index contributed by atoms with van der Waals surface area (Å²) >= 11 is 0. The molecular formula is C22H29N5O2. The highest BCUT2D eigenvalue weighted by atomic mass is 16.2. The Morgan fingerprint density at radius 3 is 2.34 bits per heavy atom. The van der Waals surface area contributed by atoms with Crippen LogP contribution in [-0.2, 0) is 6.54 Å². The van der Waals surface area contributed by atoms with Gasteiger partial charge >= 0.3 is 0 Å². The average Bonchev–Trinajstić information content (AvgIpc) is 2.74. The van der Waals surface area contributed by atoms with Crippen LogP contribution in [0.15, 0.2) is 48.5 Å². The van der Waals surface area contributed by atoms with Crippen LogP contribution in [0.5, 0.6) is 0 Å². The number of carbonyl (C=O) groups excluding carboxylic acids is 2. The van der Waals surface area contributed by atoms with Crippen LogP contribution in [0.4, 0.5) is 0 Å². The van der Waals surface area contributed by atoms with Crippen LogP contribution in [0, 0.1) is 0 Å². The number of amides is 2. The van der Waals surface area contributed by atoms with Crippen molar-refractivity contribution in [2.75, 3.05) is 53.4 Å². The molecule has 0 spiro atoms. The van der Waals surface area contributed by atoms with Gasteiger partial charge in [0, 0.05) is 45.8 Å². The first kappa shape index (κ1) is 21.0. The second-order valence-electron chi connectivity index (χ2n) is 7.52. The normalized spacial score (nSPS) is 14.8. The van der Waals surface area contributed by atoms with Crippen molar-refractivity contribution < 1.29 is 9.59 Å². The van der Waals surface area contributed by atoms with E-state index in [2.05, 4.69) is 27.3 Å². The van der Waals surface area contributed by atoms with E-state index in [4.69, 9.17) is 0 Å². The molecule has 2 aromatic rings. The quantitative estimate of drug-likeness (QED) is 0.766. The summed E-state index contributed by atoms with van der Waals surface area (Å²) in [6.45, 7) is 5.15. The predicted octanol–water partition coefficient (Wildman–Crippen LogP) is 1.33. The highest BCUT2D eigenvalue weighted by molar-refractivity contribution is 5.96. The number of rotatable bonds is 7. The number of piperazine rings is 1. The first-order valence-corrected chi connectivity index (χ1v) is 9.98. The van der Waals surface area contributed by atoms with E-state index in [0.29, 0.717) is 25.3 Å². The zero-order chi connectivity index (χ0) is 20.6. The van der Waals surface area contributed by atoms with E-state index in [1.807, 2.05) is 42.1 Å². The van der Waals surface area contributed by atoms with E-state index in [0.717, 1.165) is 26.2 Å². The maximum Gasteiger partial charge on any atom is 0.272 e.